The normalized spacial score (nSPS) is 25.4. The van der Waals surface area contributed by atoms with Gasteiger partial charge in [-0.05, 0) is 62.9 Å². The minimum Gasteiger partial charge on any atom is -0.459 e. The predicted octanol–water partition coefficient (Wildman–Crippen LogP) is 4.36. The Balaban J connectivity index is 1.35. The molecular weight excluding hydrogens is 734 g/mol. The van der Waals surface area contributed by atoms with E-state index in [-0.39, 0.29) is 37.5 Å². The third-order valence-electron chi connectivity index (χ3n) is 10.1. The maximum atomic E-state index is 14.5. The first-order valence-electron chi connectivity index (χ1n) is 17.8. The Labute approximate surface area is 310 Å². The maximum absolute atomic E-state index is 14.5. The van der Waals surface area contributed by atoms with Gasteiger partial charge in [-0.25, -0.2) is 9.11 Å². The zero-order valence-corrected chi connectivity index (χ0v) is 30.8. The minimum absolute atomic E-state index is 0.0520. The maximum Gasteiger partial charge on any atom is 0.416 e. The number of aryl methyl sites for hydroxylation is 1. The molecule has 1 saturated carbocycles. The lowest BCUT2D eigenvalue weighted by molar-refractivity contribution is -0.140. The number of halogens is 4. The van der Waals surface area contributed by atoms with Crippen molar-refractivity contribution in [3.8, 4) is 6.01 Å². The number of allylic oxidation sites excluding steroid dienone is 1. The molecule has 2 aliphatic heterocycles. The van der Waals surface area contributed by atoms with Crippen LogP contribution in [0.2, 0.25) is 0 Å². The third-order valence-corrected chi connectivity index (χ3v) is 11.5. The molecule has 3 aromatic rings. The van der Waals surface area contributed by atoms with E-state index in [2.05, 4.69) is 15.6 Å². The molecule has 3 amide bonds. The molecule has 0 spiro atoms. The standard InChI is InChI=1S/C36H43F4N7O6S/c1-4-46-29-15-11-10-13-27(29)42-34(46)53-26-19-30-31(48)43-35(33(50)44-54(51,52)45(2)3)20-22(35)12-8-6-5-7-9-14-28(32(49)47(30)21-26)41-25-17-23(36(38,39)40)16-24(37)18-25/h8,10-13,15-18,22,26,28,30,41H,4-7,9,14,19-21H2,1-3H3,(H,43,48)(H,44,50)/t22-,26-,28+,30+,35-/m1/s1. The van der Waals surface area contributed by atoms with Crippen LogP contribution in [0.1, 0.15) is 57.4 Å². The van der Waals surface area contributed by atoms with Crippen LogP contribution in [-0.2, 0) is 37.3 Å². The molecule has 0 unspecified atom stereocenters. The molecule has 292 valence electrons. The highest BCUT2D eigenvalue weighted by molar-refractivity contribution is 7.87. The van der Waals surface area contributed by atoms with Crippen LogP contribution < -0.4 is 20.1 Å². The highest BCUT2D eigenvalue weighted by Crippen LogP contribution is 2.46. The highest BCUT2D eigenvalue weighted by Gasteiger charge is 2.61. The summed E-state index contributed by atoms with van der Waals surface area (Å²) in [6, 6.07) is 7.19. The first-order valence-corrected chi connectivity index (χ1v) is 19.3. The van der Waals surface area contributed by atoms with E-state index in [0.29, 0.717) is 43.8 Å². The van der Waals surface area contributed by atoms with E-state index >= 15 is 0 Å². The minimum atomic E-state index is -4.84. The number of amides is 3. The highest BCUT2D eigenvalue weighted by atomic mass is 32.2. The summed E-state index contributed by atoms with van der Waals surface area (Å²) in [4.78, 5) is 48.3. The predicted molar refractivity (Wildman–Crippen MR) is 191 cm³/mol. The number of carbonyl (C=O) groups excluding carboxylic acids is 3. The number of benzene rings is 2. The molecule has 3 N–H and O–H groups in total. The Morgan fingerprint density at radius 2 is 1.89 bits per heavy atom. The molecule has 54 heavy (non-hydrogen) atoms. The van der Waals surface area contributed by atoms with Crippen molar-refractivity contribution >= 4 is 44.7 Å². The van der Waals surface area contributed by atoms with Crippen molar-refractivity contribution in [2.24, 2.45) is 5.92 Å². The fourth-order valence-electron chi connectivity index (χ4n) is 7.10. The number of rotatable bonds is 8. The Hall–Kier alpha value is -4.71. The van der Waals surface area contributed by atoms with Crippen molar-refractivity contribution in [2.45, 2.75) is 88.3 Å². The topological polar surface area (TPSA) is 155 Å². The molecule has 3 heterocycles. The van der Waals surface area contributed by atoms with Gasteiger partial charge in [0, 0.05) is 38.7 Å². The van der Waals surface area contributed by atoms with Crippen molar-refractivity contribution < 1.29 is 45.1 Å². The smallest absolute Gasteiger partial charge is 0.416 e. The number of nitrogens with one attached hydrogen (secondary N) is 3. The molecule has 2 fully saturated rings. The van der Waals surface area contributed by atoms with Crippen molar-refractivity contribution in [1.82, 2.24) is 28.8 Å². The number of para-hydroxylation sites is 2. The molecule has 1 aromatic heterocycles. The number of hydrogen-bond acceptors (Lipinski definition) is 8. The fourth-order valence-corrected chi connectivity index (χ4v) is 7.70. The lowest BCUT2D eigenvalue weighted by Gasteiger charge is -2.30. The quantitative estimate of drug-likeness (QED) is 0.225. The molecule has 3 aliphatic rings. The molecule has 2 aromatic carbocycles. The van der Waals surface area contributed by atoms with Crippen molar-refractivity contribution in [3.05, 3.63) is 66.0 Å². The van der Waals surface area contributed by atoms with Gasteiger partial charge in [0.15, 0.2) is 0 Å². The number of fused-ring (bicyclic) bond motifs is 3. The monoisotopic (exact) mass is 777 g/mol. The Morgan fingerprint density at radius 3 is 2.61 bits per heavy atom. The zero-order chi connectivity index (χ0) is 39.0. The van der Waals surface area contributed by atoms with E-state index in [0.717, 1.165) is 22.0 Å². The van der Waals surface area contributed by atoms with Gasteiger partial charge in [0.1, 0.15) is 29.5 Å². The first kappa shape index (κ1) is 39.0. The summed E-state index contributed by atoms with van der Waals surface area (Å²) in [5, 5.41) is 5.58. The van der Waals surface area contributed by atoms with Gasteiger partial charge in [0.25, 0.3) is 11.9 Å². The number of hydrogen-bond donors (Lipinski definition) is 3. The van der Waals surface area contributed by atoms with Gasteiger partial charge in [0.2, 0.25) is 11.8 Å². The summed E-state index contributed by atoms with van der Waals surface area (Å²) in [6.45, 7) is 2.28. The molecule has 1 aliphatic carbocycles. The number of nitrogens with zero attached hydrogens (tertiary/aromatic N) is 4. The average Bonchev–Trinajstić information content (AvgIpc) is 3.44. The molecule has 5 atom stereocenters. The molecular formula is C36H43F4N7O6S. The summed E-state index contributed by atoms with van der Waals surface area (Å²) in [7, 11) is -1.72. The number of anilines is 1. The molecule has 0 radical (unpaired) electrons. The van der Waals surface area contributed by atoms with E-state index in [1.54, 1.807) is 6.08 Å². The number of carbonyl (C=O) groups is 3. The van der Waals surface area contributed by atoms with Crippen molar-refractivity contribution in [3.63, 3.8) is 0 Å². The SMILES string of the molecule is CCn1c(O[C@@H]2C[C@H]3C(=O)N[C@]4(C(=O)NS(=O)(=O)N(C)C)C[C@H]4C=CCCCCC[C@H](Nc4cc(F)cc(C(F)(F)F)c4)C(=O)N3C2)nc2ccccc21. The summed E-state index contributed by atoms with van der Waals surface area (Å²) >= 11 is 0. The van der Waals surface area contributed by atoms with Crippen LogP contribution in [0.3, 0.4) is 0 Å². The van der Waals surface area contributed by atoms with Crippen molar-refractivity contribution in [1.29, 1.82) is 0 Å². The number of imidazole rings is 1. The van der Waals surface area contributed by atoms with Gasteiger partial charge in [-0.2, -0.15) is 30.9 Å². The van der Waals surface area contributed by atoms with Crippen LogP contribution in [0.4, 0.5) is 23.2 Å². The third kappa shape index (κ3) is 8.18. The molecule has 18 heteroatoms. The summed E-state index contributed by atoms with van der Waals surface area (Å²) in [5.74, 6) is -4.00. The van der Waals surface area contributed by atoms with Crippen LogP contribution in [0.25, 0.3) is 11.0 Å². The second-order valence-electron chi connectivity index (χ2n) is 14.1. The Bertz CT molecular complexity index is 2060. The van der Waals surface area contributed by atoms with Gasteiger partial charge in [-0.3, -0.25) is 19.0 Å². The van der Waals surface area contributed by atoms with E-state index < -0.39 is 75.1 Å². The number of ether oxygens (including phenoxy) is 1. The van der Waals surface area contributed by atoms with Gasteiger partial charge < -0.3 is 20.3 Å². The summed E-state index contributed by atoms with van der Waals surface area (Å²) < 4.78 is 91.7. The number of alkyl halides is 3. The summed E-state index contributed by atoms with van der Waals surface area (Å²) in [5.41, 5.74) is -1.64. The largest absolute Gasteiger partial charge is 0.459 e. The second-order valence-corrected chi connectivity index (χ2v) is 16.0. The van der Waals surface area contributed by atoms with E-state index in [1.165, 1.54) is 19.0 Å². The average molecular weight is 778 g/mol. The van der Waals surface area contributed by atoms with Crippen molar-refractivity contribution in [2.75, 3.05) is 26.0 Å². The van der Waals surface area contributed by atoms with Gasteiger partial charge in [-0.15, -0.1) is 0 Å². The lowest BCUT2D eigenvalue weighted by Crippen LogP contribution is -2.58. The summed E-state index contributed by atoms with van der Waals surface area (Å²) in [6.07, 6.45) is 0.557. The number of aromatic nitrogens is 2. The molecule has 13 nitrogen and oxygen atoms in total. The molecule has 6 rings (SSSR count). The molecule has 1 saturated heterocycles. The molecule has 0 bridgehead atoms. The lowest BCUT2D eigenvalue weighted by atomic mass is 10.0. The Kier molecular flexibility index (Phi) is 11.0. The van der Waals surface area contributed by atoms with E-state index in [1.807, 2.05) is 46.6 Å². The Morgan fingerprint density at radius 1 is 1.13 bits per heavy atom. The van der Waals surface area contributed by atoms with Crippen LogP contribution in [0, 0.1) is 11.7 Å². The van der Waals surface area contributed by atoms with E-state index in [9.17, 15) is 40.4 Å². The van der Waals surface area contributed by atoms with Gasteiger partial charge in [0.05, 0.1) is 23.1 Å². The van der Waals surface area contributed by atoms with Crippen LogP contribution >= 0.6 is 0 Å². The van der Waals surface area contributed by atoms with Gasteiger partial charge in [-0.1, -0.05) is 37.1 Å². The fraction of sp³-hybridized carbons (Fsp3) is 0.500. The van der Waals surface area contributed by atoms with E-state index in [4.69, 9.17) is 4.74 Å². The van der Waals surface area contributed by atoms with Crippen LogP contribution in [0.15, 0.2) is 54.6 Å². The first-order chi connectivity index (χ1) is 25.5. The second kappa shape index (κ2) is 15.2. The zero-order valence-electron chi connectivity index (χ0n) is 30.0. The van der Waals surface area contributed by atoms with Crippen LogP contribution in [0.5, 0.6) is 6.01 Å². The van der Waals surface area contributed by atoms with Crippen LogP contribution in [-0.4, -0.2) is 89.3 Å². The van der Waals surface area contributed by atoms with Gasteiger partial charge >= 0.3 is 16.4 Å².